The van der Waals surface area contributed by atoms with Crippen molar-refractivity contribution in [1.82, 2.24) is 4.31 Å². The van der Waals surface area contributed by atoms with Crippen LogP contribution in [0.3, 0.4) is 0 Å². The quantitative estimate of drug-likeness (QED) is 0.801. The maximum absolute atomic E-state index is 12.5. The summed E-state index contributed by atoms with van der Waals surface area (Å²) in [6.45, 7) is 2.52. The van der Waals surface area contributed by atoms with E-state index in [1.165, 1.54) is 4.31 Å². The van der Waals surface area contributed by atoms with Crippen molar-refractivity contribution in [1.29, 1.82) is 0 Å². The number of sulfonamides is 1. The molecule has 0 radical (unpaired) electrons. The van der Waals surface area contributed by atoms with Crippen molar-refractivity contribution in [2.45, 2.75) is 25.2 Å². The highest BCUT2D eigenvalue weighted by Crippen LogP contribution is 2.22. The van der Waals surface area contributed by atoms with E-state index in [-0.39, 0.29) is 23.2 Å². The Morgan fingerprint density at radius 1 is 1.48 bits per heavy atom. The highest BCUT2D eigenvalue weighted by molar-refractivity contribution is 7.88. The number of nitrogens with zero attached hydrogens (tertiary/aromatic N) is 1. The third-order valence-corrected chi connectivity index (χ3v) is 5.91. The summed E-state index contributed by atoms with van der Waals surface area (Å²) in [6, 6.07) is 6.98. The fourth-order valence-corrected chi connectivity index (χ4v) is 4.24. The maximum atomic E-state index is 12.5. The highest BCUT2D eigenvalue weighted by Gasteiger charge is 2.32. The van der Waals surface area contributed by atoms with Gasteiger partial charge in [-0.05, 0) is 17.9 Å². The van der Waals surface area contributed by atoms with E-state index >= 15 is 0 Å². The van der Waals surface area contributed by atoms with Crippen LogP contribution in [0.2, 0.25) is 0 Å². The average molecular weight is 328 g/mol. The molecule has 2 rings (SSSR count). The van der Waals surface area contributed by atoms with Gasteiger partial charge in [-0.1, -0.05) is 43.4 Å². The van der Waals surface area contributed by atoms with E-state index in [1.54, 1.807) is 24.3 Å². The van der Waals surface area contributed by atoms with Gasteiger partial charge in [0.2, 0.25) is 10.0 Å². The SMILES string of the molecule is CC1CCN(S(=O)(=O)Cc2ccccc2C(N)=S)CC1O. The molecule has 21 heavy (non-hydrogen) atoms. The molecule has 1 saturated heterocycles. The van der Waals surface area contributed by atoms with Crippen molar-refractivity contribution >= 4 is 27.2 Å². The monoisotopic (exact) mass is 328 g/mol. The van der Waals surface area contributed by atoms with E-state index in [1.807, 2.05) is 6.92 Å². The van der Waals surface area contributed by atoms with Crippen molar-refractivity contribution in [2.24, 2.45) is 11.7 Å². The summed E-state index contributed by atoms with van der Waals surface area (Å²) in [7, 11) is -3.49. The maximum Gasteiger partial charge on any atom is 0.218 e. The van der Waals surface area contributed by atoms with Crippen LogP contribution in [-0.2, 0) is 15.8 Å². The lowest BCUT2D eigenvalue weighted by Gasteiger charge is -2.33. The molecule has 0 amide bonds. The van der Waals surface area contributed by atoms with E-state index < -0.39 is 16.1 Å². The molecule has 0 spiro atoms. The first kappa shape index (κ1) is 16.4. The zero-order chi connectivity index (χ0) is 15.6. The molecule has 7 heteroatoms. The molecule has 2 unspecified atom stereocenters. The Labute approximate surface area is 130 Å². The summed E-state index contributed by atoms with van der Waals surface area (Å²) in [4.78, 5) is 0.188. The third-order valence-electron chi connectivity index (χ3n) is 3.90. The lowest BCUT2D eigenvalue weighted by molar-refractivity contribution is 0.0604. The Hall–Kier alpha value is -1.02. The van der Waals surface area contributed by atoms with Crippen molar-refractivity contribution in [3.63, 3.8) is 0 Å². The van der Waals surface area contributed by atoms with Crippen LogP contribution in [0.4, 0.5) is 0 Å². The van der Waals surface area contributed by atoms with Gasteiger partial charge in [-0.3, -0.25) is 0 Å². The molecule has 1 aromatic rings. The Bertz CT molecular complexity index is 631. The first-order valence-corrected chi connectivity index (χ1v) is 8.86. The number of nitrogens with two attached hydrogens (primary N) is 1. The van der Waals surface area contributed by atoms with Crippen LogP contribution in [0.15, 0.2) is 24.3 Å². The molecule has 1 heterocycles. The van der Waals surface area contributed by atoms with Gasteiger partial charge >= 0.3 is 0 Å². The number of thiocarbonyl (C=S) groups is 1. The van der Waals surface area contributed by atoms with Crippen LogP contribution < -0.4 is 5.73 Å². The van der Waals surface area contributed by atoms with Gasteiger partial charge < -0.3 is 10.8 Å². The number of aliphatic hydroxyl groups excluding tert-OH is 1. The normalized spacial score (nSPS) is 23.9. The van der Waals surface area contributed by atoms with Crippen LogP contribution >= 0.6 is 12.2 Å². The molecule has 0 saturated carbocycles. The lowest BCUT2D eigenvalue weighted by atomic mass is 9.98. The molecule has 3 N–H and O–H groups in total. The number of piperidine rings is 1. The molecule has 1 aromatic carbocycles. The molecule has 2 atom stereocenters. The molecule has 116 valence electrons. The minimum Gasteiger partial charge on any atom is -0.391 e. The predicted molar refractivity (Wildman–Crippen MR) is 86.3 cm³/mol. The molecule has 1 fully saturated rings. The van der Waals surface area contributed by atoms with E-state index in [0.29, 0.717) is 24.1 Å². The van der Waals surface area contributed by atoms with Crippen molar-refractivity contribution in [3.05, 3.63) is 35.4 Å². The van der Waals surface area contributed by atoms with Crippen LogP contribution in [-0.4, -0.2) is 42.0 Å². The van der Waals surface area contributed by atoms with Gasteiger partial charge in [0.15, 0.2) is 0 Å². The average Bonchev–Trinajstić information content (AvgIpc) is 2.41. The number of hydrogen-bond donors (Lipinski definition) is 2. The van der Waals surface area contributed by atoms with Gasteiger partial charge in [0.1, 0.15) is 4.99 Å². The smallest absolute Gasteiger partial charge is 0.218 e. The molecule has 1 aliphatic heterocycles. The summed E-state index contributed by atoms with van der Waals surface area (Å²) < 4.78 is 26.4. The predicted octanol–water partition coefficient (Wildman–Crippen LogP) is 0.853. The van der Waals surface area contributed by atoms with Gasteiger partial charge in [0.05, 0.1) is 11.9 Å². The van der Waals surface area contributed by atoms with Gasteiger partial charge in [-0.15, -0.1) is 0 Å². The lowest BCUT2D eigenvalue weighted by Crippen LogP contribution is -2.46. The van der Waals surface area contributed by atoms with Crippen LogP contribution in [0.1, 0.15) is 24.5 Å². The number of benzene rings is 1. The van der Waals surface area contributed by atoms with Crippen molar-refractivity contribution in [3.8, 4) is 0 Å². The summed E-state index contributed by atoms with van der Waals surface area (Å²) in [5, 5.41) is 9.87. The molecule has 0 aromatic heterocycles. The zero-order valence-electron chi connectivity index (χ0n) is 11.9. The van der Waals surface area contributed by atoms with E-state index in [0.717, 1.165) is 0 Å². The Morgan fingerprint density at radius 2 is 2.14 bits per heavy atom. The number of hydrogen-bond acceptors (Lipinski definition) is 4. The van der Waals surface area contributed by atoms with Gasteiger partial charge in [0.25, 0.3) is 0 Å². The second-order valence-electron chi connectivity index (χ2n) is 5.47. The third kappa shape index (κ3) is 3.79. The van der Waals surface area contributed by atoms with Crippen molar-refractivity contribution in [2.75, 3.05) is 13.1 Å². The fourth-order valence-electron chi connectivity index (χ4n) is 2.45. The standard InChI is InChI=1S/C14H20N2O3S2/c1-10-6-7-16(8-13(10)17)21(18,19)9-11-4-2-3-5-12(11)14(15)20/h2-5,10,13,17H,6-9H2,1H3,(H2,15,20). The minimum absolute atomic E-state index is 0.125. The number of rotatable bonds is 4. The second-order valence-corrected chi connectivity index (χ2v) is 7.88. The largest absolute Gasteiger partial charge is 0.391 e. The molecule has 1 aliphatic rings. The Morgan fingerprint density at radius 3 is 2.76 bits per heavy atom. The summed E-state index contributed by atoms with van der Waals surface area (Å²) in [5.41, 5.74) is 6.82. The highest BCUT2D eigenvalue weighted by atomic mass is 32.2. The van der Waals surface area contributed by atoms with Gasteiger partial charge in [-0.25, -0.2) is 8.42 Å². The molecular weight excluding hydrogens is 308 g/mol. The first-order valence-electron chi connectivity index (χ1n) is 6.85. The van der Waals surface area contributed by atoms with Gasteiger partial charge in [-0.2, -0.15) is 4.31 Å². The van der Waals surface area contributed by atoms with Gasteiger partial charge in [0, 0.05) is 18.7 Å². The van der Waals surface area contributed by atoms with Crippen LogP contribution in [0, 0.1) is 5.92 Å². The summed E-state index contributed by atoms with van der Waals surface area (Å²) in [6.07, 6.45) is 0.0523. The first-order chi connectivity index (χ1) is 9.81. The second kappa shape index (κ2) is 6.39. The molecule has 0 aliphatic carbocycles. The van der Waals surface area contributed by atoms with Crippen LogP contribution in [0.5, 0.6) is 0 Å². The minimum atomic E-state index is -3.49. The molecule has 5 nitrogen and oxygen atoms in total. The van der Waals surface area contributed by atoms with Crippen LogP contribution in [0.25, 0.3) is 0 Å². The molecule has 0 bridgehead atoms. The Kier molecular flexibility index (Phi) is 4.98. The topological polar surface area (TPSA) is 83.6 Å². The summed E-state index contributed by atoms with van der Waals surface area (Å²) in [5.74, 6) is -0.0258. The van der Waals surface area contributed by atoms with E-state index in [4.69, 9.17) is 18.0 Å². The van der Waals surface area contributed by atoms with E-state index in [2.05, 4.69) is 0 Å². The Balaban J connectivity index is 2.20. The molecular formula is C14H20N2O3S2. The number of β-amino-alcohol motifs (C(OH)–C–C–N with tert-alkyl or cyclic N) is 1. The zero-order valence-corrected chi connectivity index (χ0v) is 13.5. The van der Waals surface area contributed by atoms with E-state index in [9.17, 15) is 13.5 Å². The number of aliphatic hydroxyl groups is 1. The van der Waals surface area contributed by atoms with Crippen molar-refractivity contribution < 1.29 is 13.5 Å². The fraction of sp³-hybridized carbons (Fsp3) is 0.500. The summed E-state index contributed by atoms with van der Waals surface area (Å²) >= 11 is 4.96.